The van der Waals surface area contributed by atoms with Crippen molar-refractivity contribution in [2.75, 3.05) is 6.61 Å². The van der Waals surface area contributed by atoms with Gasteiger partial charge in [0, 0.05) is 0 Å². The average Bonchev–Trinajstić information content (AvgIpc) is 2.90. The maximum Gasteiger partial charge on any atom is 0.501 e. The Bertz CT molecular complexity index is 699. The van der Waals surface area contributed by atoms with Crippen molar-refractivity contribution in [3.05, 3.63) is 46.9 Å². The number of ether oxygens (including phenoxy) is 3. The number of fused-ring (bicyclic) bond motifs is 2. The van der Waals surface area contributed by atoms with Gasteiger partial charge >= 0.3 is 5.51 Å². The van der Waals surface area contributed by atoms with Crippen molar-refractivity contribution in [3.8, 4) is 0 Å². The molecule has 2 bridgehead atoms. The van der Waals surface area contributed by atoms with Crippen LogP contribution >= 0.6 is 0 Å². The molecule has 2 aliphatic heterocycles. The quantitative estimate of drug-likeness (QED) is 0.833. The SMILES string of the molecule is O=S(=O)(C1=C[C@H](OCc2ccccc2)[C@H]2CO[C@@H]1O2)C(F)(F)F. The van der Waals surface area contributed by atoms with Crippen LogP contribution in [0.2, 0.25) is 0 Å². The third-order valence-corrected chi connectivity index (χ3v) is 5.10. The molecule has 0 amide bonds. The highest BCUT2D eigenvalue weighted by molar-refractivity contribution is 7.96. The Labute approximate surface area is 130 Å². The van der Waals surface area contributed by atoms with Crippen LogP contribution in [0.5, 0.6) is 0 Å². The molecular weight excluding hydrogens is 337 g/mol. The normalized spacial score (nSPS) is 27.8. The van der Waals surface area contributed by atoms with Crippen LogP contribution in [0.3, 0.4) is 0 Å². The minimum Gasteiger partial charge on any atom is -0.367 e. The summed E-state index contributed by atoms with van der Waals surface area (Å²) in [6.07, 6.45) is -2.14. The Morgan fingerprint density at radius 1 is 1.22 bits per heavy atom. The molecule has 2 heterocycles. The van der Waals surface area contributed by atoms with Crippen LogP contribution in [-0.4, -0.2) is 39.0 Å². The summed E-state index contributed by atoms with van der Waals surface area (Å²) in [4.78, 5) is -0.947. The van der Waals surface area contributed by atoms with E-state index in [-0.39, 0.29) is 13.2 Å². The molecule has 0 aliphatic carbocycles. The van der Waals surface area contributed by atoms with Gasteiger partial charge in [0.1, 0.15) is 17.1 Å². The molecule has 0 aromatic heterocycles. The number of halogens is 3. The topological polar surface area (TPSA) is 61.8 Å². The first kappa shape index (κ1) is 16.4. The average molecular weight is 350 g/mol. The molecule has 1 aromatic carbocycles. The van der Waals surface area contributed by atoms with Crippen molar-refractivity contribution >= 4 is 9.84 Å². The molecule has 3 atom stereocenters. The predicted octanol–water partition coefficient (Wildman–Crippen LogP) is 2.15. The number of rotatable bonds is 4. The van der Waals surface area contributed by atoms with E-state index in [0.29, 0.717) is 0 Å². The van der Waals surface area contributed by atoms with Crippen molar-refractivity contribution in [2.45, 2.75) is 30.6 Å². The standard InChI is InChI=1S/C14H13F3O5S/c15-14(16,17)23(18,19)12-6-10(11-8-21-13(12)22-11)20-7-9-4-2-1-3-5-9/h1-6,10-11,13H,7-8H2/t10-,11+,13+/m0/s1. The molecule has 1 aromatic rings. The van der Waals surface area contributed by atoms with Crippen LogP contribution in [0.15, 0.2) is 41.3 Å². The van der Waals surface area contributed by atoms with E-state index in [1.807, 2.05) is 6.07 Å². The maximum atomic E-state index is 12.7. The first-order valence-corrected chi connectivity index (χ1v) is 8.23. The van der Waals surface area contributed by atoms with Crippen molar-refractivity contribution in [2.24, 2.45) is 0 Å². The smallest absolute Gasteiger partial charge is 0.367 e. The maximum absolute atomic E-state index is 12.7. The highest BCUT2D eigenvalue weighted by atomic mass is 32.2. The molecule has 23 heavy (non-hydrogen) atoms. The molecule has 3 rings (SSSR count). The van der Waals surface area contributed by atoms with Gasteiger partial charge in [-0.3, -0.25) is 0 Å². The Kier molecular flexibility index (Phi) is 4.21. The lowest BCUT2D eigenvalue weighted by molar-refractivity contribution is -0.0809. The van der Waals surface area contributed by atoms with Gasteiger partial charge in [-0.2, -0.15) is 13.2 Å². The van der Waals surface area contributed by atoms with Crippen LogP contribution in [-0.2, 0) is 30.7 Å². The first-order chi connectivity index (χ1) is 10.8. The number of hydrogen-bond acceptors (Lipinski definition) is 5. The van der Waals surface area contributed by atoms with Crippen molar-refractivity contribution in [1.29, 1.82) is 0 Å². The lowest BCUT2D eigenvalue weighted by atomic mass is 10.1. The summed E-state index contributed by atoms with van der Waals surface area (Å²) >= 11 is 0. The lowest BCUT2D eigenvalue weighted by Gasteiger charge is -2.26. The fourth-order valence-corrected chi connectivity index (χ4v) is 3.32. The van der Waals surface area contributed by atoms with Crippen LogP contribution in [0, 0.1) is 0 Å². The molecule has 0 unspecified atom stereocenters. The van der Waals surface area contributed by atoms with Gasteiger partial charge in [0.2, 0.25) is 0 Å². The van der Waals surface area contributed by atoms with Crippen molar-refractivity contribution in [3.63, 3.8) is 0 Å². The number of benzene rings is 1. The zero-order valence-electron chi connectivity index (χ0n) is 11.7. The van der Waals surface area contributed by atoms with Crippen LogP contribution in [0.4, 0.5) is 13.2 Å². The summed E-state index contributed by atoms with van der Waals surface area (Å²) in [6, 6.07) is 8.97. The molecule has 1 fully saturated rings. The van der Waals surface area contributed by atoms with Crippen LogP contribution < -0.4 is 0 Å². The van der Waals surface area contributed by atoms with Crippen LogP contribution in [0.1, 0.15) is 5.56 Å². The summed E-state index contributed by atoms with van der Waals surface area (Å²) in [5, 5.41) is 0. The van der Waals surface area contributed by atoms with Gasteiger partial charge in [-0.25, -0.2) is 8.42 Å². The van der Waals surface area contributed by atoms with Gasteiger partial charge < -0.3 is 14.2 Å². The highest BCUT2D eigenvalue weighted by Gasteiger charge is 2.54. The summed E-state index contributed by atoms with van der Waals surface area (Å²) in [6.45, 7) is 0.0867. The second-order valence-electron chi connectivity index (χ2n) is 5.12. The monoisotopic (exact) mass is 350 g/mol. The van der Waals surface area contributed by atoms with Crippen molar-refractivity contribution < 1.29 is 35.8 Å². The van der Waals surface area contributed by atoms with E-state index < -0.39 is 38.7 Å². The van der Waals surface area contributed by atoms with Gasteiger partial charge in [0.05, 0.1) is 13.2 Å². The molecule has 0 saturated carbocycles. The van der Waals surface area contributed by atoms with Crippen LogP contribution in [0.25, 0.3) is 0 Å². The van der Waals surface area contributed by atoms with Crippen molar-refractivity contribution in [1.82, 2.24) is 0 Å². The lowest BCUT2D eigenvalue weighted by Crippen LogP contribution is -2.38. The van der Waals surface area contributed by atoms with E-state index in [9.17, 15) is 21.6 Å². The Hall–Kier alpha value is -1.42. The first-order valence-electron chi connectivity index (χ1n) is 6.75. The second-order valence-corrected chi connectivity index (χ2v) is 7.06. The zero-order chi connectivity index (χ0) is 16.7. The fraction of sp³-hybridized carbons (Fsp3) is 0.429. The Balaban J connectivity index is 1.82. The van der Waals surface area contributed by atoms with Gasteiger partial charge in [-0.1, -0.05) is 30.3 Å². The zero-order valence-corrected chi connectivity index (χ0v) is 12.5. The molecule has 1 saturated heterocycles. The largest absolute Gasteiger partial charge is 0.501 e. The molecule has 0 N–H and O–H groups in total. The second kappa shape index (κ2) is 5.90. The van der Waals surface area contributed by atoms with E-state index in [1.54, 1.807) is 24.3 Å². The minimum atomic E-state index is -5.52. The summed E-state index contributed by atoms with van der Waals surface area (Å²) in [5.74, 6) is 0. The predicted molar refractivity (Wildman–Crippen MR) is 72.7 cm³/mol. The summed E-state index contributed by atoms with van der Waals surface area (Å²) in [5.41, 5.74) is -4.60. The summed E-state index contributed by atoms with van der Waals surface area (Å²) in [7, 11) is -5.52. The third-order valence-electron chi connectivity index (χ3n) is 3.54. The van der Waals surface area contributed by atoms with E-state index in [2.05, 4.69) is 0 Å². The highest BCUT2D eigenvalue weighted by Crippen LogP contribution is 2.38. The van der Waals surface area contributed by atoms with Gasteiger partial charge in [0.15, 0.2) is 6.29 Å². The molecule has 9 heteroatoms. The third kappa shape index (κ3) is 3.14. The Morgan fingerprint density at radius 3 is 2.57 bits per heavy atom. The van der Waals surface area contributed by atoms with E-state index in [4.69, 9.17) is 14.2 Å². The summed E-state index contributed by atoms with van der Waals surface area (Å²) < 4.78 is 77.2. The van der Waals surface area contributed by atoms with E-state index in [1.165, 1.54) is 0 Å². The molecule has 2 aliphatic rings. The fourth-order valence-electron chi connectivity index (χ4n) is 2.36. The van der Waals surface area contributed by atoms with Gasteiger partial charge in [-0.15, -0.1) is 0 Å². The molecule has 5 nitrogen and oxygen atoms in total. The van der Waals surface area contributed by atoms with Gasteiger partial charge in [0.25, 0.3) is 9.84 Å². The molecule has 0 radical (unpaired) electrons. The Morgan fingerprint density at radius 2 is 1.91 bits per heavy atom. The minimum absolute atomic E-state index is 0.0303. The molecule has 126 valence electrons. The number of alkyl halides is 3. The van der Waals surface area contributed by atoms with E-state index >= 15 is 0 Å². The number of hydrogen-bond donors (Lipinski definition) is 0. The van der Waals surface area contributed by atoms with E-state index in [0.717, 1.165) is 11.6 Å². The van der Waals surface area contributed by atoms with Gasteiger partial charge in [-0.05, 0) is 11.6 Å². The molecular formula is C14H13F3O5S. The number of sulfone groups is 1. The molecule has 0 spiro atoms.